The van der Waals surface area contributed by atoms with Gasteiger partial charge >= 0.3 is 6.18 Å². The fourth-order valence-electron chi connectivity index (χ4n) is 3.08. The Labute approximate surface area is 147 Å². The molecule has 0 fully saturated rings. The summed E-state index contributed by atoms with van der Waals surface area (Å²) in [6.45, 7) is 0.360. The zero-order valence-electron chi connectivity index (χ0n) is 13.7. The van der Waals surface area contributed by atoms with Crippen LogP contribution in [0.15, 0.2) is 54.9 Å². The topological polar surface area (TPSA) is 43.6 Å². The van der Waals surface area contributed by atoms with Crippen LogP contribution in [0.1, 0.15) is 17.9 Å². The Morgan fingerprint density at radius 2 is 1.73 bits per heavy atom. The van der Waals surface area contributed by atoms with Crippen molar-refractivity contribution in [2.24, 2.45) is 0 Å². The van der Waals surface area contributed by atoms with Crippen LogP contribution in [-0.4, -0.2) is 25.7 Å². The normalized spacial score (nSPS) is 12.1. The minimum absolute atomic E-state index is 0.181. The number of hydrogen-bond acceptors (Lipinski definition) is 3. The van der Waals surface area contributed by atoms with Crippen LogP contribution in [-0.2, 0) is 13.0 Å². The number of alkyl halides is 3. The molecule has 4 nitrogen and oxygen atoms in total. The molecule has 4 rings (SSSR count). The van der Waals surface area contributed by atoms with Crippen LogP contribution in [0.4, 0.5) is 13.2 Å². The number of nitrogens with zero attached hydrogens (tertiary/aromatic N) is 4. The minimum atomic E-state index is -4.23. The summed E-state index contributed by atoms with van der Waals surface area (Å²) in [5.41, 5.74) is 2.93. The summed E-state index contributed by atoms with van der Waals surface area (Å²) in [5.74, 6) is 0.390. The van der Waals surface area contributed by atoms with Crippen molar-refractivity contribution in [3.63, 3.8) is 0 Å². The second-order valence-electron chi connectivity index (χ2n) is 6.06. The number of fused-ring (bicyclic) bond motifs is 3. The van der Waals surface area contributed by atoms with E-state index in [2.05, 4.69) is 15.0 Å². The molecular formula is C19H15F3N4. The van der Waals surface area contributed by atoms with Gasteiger partial charge in [0.25, 0.3) is 0 Å². The Balaban J connectivity index is 1.89. The van der Waals surface area contributed by atoms with Gasteiger partial charge < -0.3 is 4.57 Å². The quantitative estimate of drug-likeness (QED) is 0.540. The Morgan fingerprint density at radius 3 is 2.50 bits per heavy atom. The molecule has 0 aliphatic heterocycles. The fourth-order valence-corrected chi connectivity index (χ4v) is 3.08. The molecule has 0 amide bonds. The van der Waals surface area contributed by atoms with Gasteiger partial charge in [0.2, 0.25) is 0 Å². The summed E-state index contributed by atoms with van der Waals surface area (Å²) in [5, 5.41) is 0.867. The van der Waals surface area contributed by atoms with E-state index in [-0.39, 0.29) is 6.42 Å². The van der Waals surface area contributed by atoms with Crippen LogP contribution >= 0.6 is 0 Å². The van der Waals surface area contributed by atoms with Crippen molar-refractivity contribution in [1.29, 1.82) is 0 Å². The largest absolute Gasteiger partial charge is 0.389 e. The van der Waals surface area contributed by atoms with Gasteiger partial charge in [0, 0.05) is 18.0 Å². The number of imidazole rings is 1. The smallest absolute Gasteiger partial charge is 0.321 e. The molecule has 0 atom stereocenters. The molecule has 0 saturated carbocycles. The number of hydrogen-bond donors (Lipinski definition) is 0. The zero-order chi connectivity index (χ0) is 18.1. The van der Waals surface area contributed by atoms with E-state index in [0.717, 1.165) is 22.1 Å². The number of benzene rings is 1. The lowest BCUT2D eigenvalue weighted by Crippen LogP contribution is -2.13. The first kappa shape index (κ1) is 16.5. The van der Waals surface area contributed by atoms with E-state index >= 15 is 0 Å². The Hall–Kier alpha value is -2.96. The maximum Gasteiger partial charge on any atom is 0.389 e. The van der Waals surface area contributed by atoms with Gasteiger partial charge in [-0.25, -0.2) is 4.98 Å². The molecule has 0 bridgehead atoms. The van der Waals surface area contributed by atoms with Crippen molar-refractivity contribution in [3.05, 3.63) is 66.4 Å². The van der Waals surface area contributed by atoms with Gasteiger partial charge in [0.05, 0.1) is 35.9 Å². The fraction of sp³-hybridized carbons (Fsp3) is 0.211. The summed E-state index contributed by atoms with van der Waals surface area (Å²) in [7, 11) is 0. The number of aromatic nitrogens is 4. The summed E-state index contributed by atoms with van der Waals surface area (Å²) in [6.07, 6.45) is -2.04. The molecule has 0 radical (unpaired) electrons. The molecule has 0 aliphatic rings. The molecule has 3 heterocycles. The van der Waals surface area contributed by atoms with Gasteiger partial charge in [-0.05, 0) is 18.2 Å². The van der Waals surface area contributed by atoms with Crippen LogP contribution in [0.25, 0.3) is 21.9 Å². The van der Waals surface area contributed by atoms with Crippen LogP contribution < -0.4 is 0 Å². The molecule has 7 heteroatoms. The number of pyridine rings is 2. The van der Waals surface area contributed by atoms with Crippen molar-refractivity contribution in [1.82, 2.24) is 19.5 Å². The number of halogens is 3. The van der Waals surface area contributed by atoms with Crippen molar-refractivity contribution in [2.75, 3.05) is 0 Å². The molecule has 3 aromatic heterocycles. The van der Waals surface area contributed by atoms with Gasteiger partial charge in [0.1, 0.15) is 11.3 Å². The van der Waals surface area contributed by atoms with Gasteiger partial charge in [-0.15, -0.1) is 0 Å². The molecule has 132 valence electrons. The van der Waals surface area contributed by atoms with E-state index in [1.807, 2.05) is 41.0 Å². The van der Waals surface area contributed by atoms with Crippen molar-refractivity contribution in [2.45, 2.75) is 25.6 Å². The molecule has 4 aromatic rings. The van der Waals surface area contributed by atoms with Crippen LogP contribution in [0.3, 0.4) is 0 Å². The minimum Gasteiger partial charge on any atom is -0.321 e. The molecule has 0 spiro atoms. The van der Waals surface area contributed by atoms with E-state index in [9.17, 15) is 13.2 Å². The Bertz CT molecular complexity index is 1050. The second-order valence-corrected chi connectivity index (χ2v) is 6.06. The first-order valence-corrected chi connectivity index (χ1v) is 8.21. The summed E-state index contributed by atoms with van der Waals surface area (Å²) in [4.78, 5) is 13.1. The van der Waals surface area contributed by atoms with Gasteiger partial charge in [-0.3, -0.25) is 9.97 Å². The first-order valence-electron chi connectivity index (χ1n) is 8.21. The second kappa shape index (κ2) is 6.40. The third-order valence-corrected chi connectivity index (χ3v) is 4.24. The summed E-state index contributed by atoms with van der Waals surface area (Å²) in [6, 6.07) is 13.1. The standard InChI is InChI=1S/C19H15F3N4/c20-19(21,22)9-8-17-25-16-11-24-15-7-2-1-6-14(15)18(16)26(17)12-13-5-3-4-10-23-13/h1-7,10-11H,8-9,12H2. The van der Waals surface area contributed by atoms with Crippen molar-refractivity contribution >= 4 is 21.9 Å². The highest BCUT2D eigenvalue weighted by Gasteiger charge is 2.28. The van der Waals surface area contributed by atoms with Crippen LogP contribution in [0.2, 0.25) is 0 Å². The number of para-hydroxylation sites is 1. The first-order chi connectivity index (χ1) is 12.5. The Kier molecular flexibility index (Phi) is 4.06. The highest BCUT2D eigenvalue weighted by atomic mass is 19.4. The predicted octanol–water partition coefficient (Wildman–Crippen LogP) is 4.52. The van der Waals surface area contributed by atoms with Crippen LogP contribution in [0, 0.1) is 0 Å². The third kappa shape index (κ3) is 3.24. The molecule has 26 heavy (non-hydrogen) atoms. The van der Waals surface area contributed by atoms with Crippen molar-refractivity contribution in [3.8, 4) is 0 Å². The monoisotopic (exact) mass is 356 g/mol. The van der Waals surface area contributed by atoms with E-state index in [4.69, 9.17) is 0 Å². The van der Waals surface area contributed by atoms with E-state index < -0.39 is 12.6 Å². The van der Waals surface area contributed by atoms with E-state index in [1.165, 1.54) is 0 Å². The van der Waals surface area contributed by atoms with E-state index in [0.29, 0.717) is 17.9 Å². The summed E-state index contributed by atoms with van der Waals surface area (Å²) >= 11 is 0. The van der Waals surface area contributed by atoms with Gasteiger partial charge in [-0.2, -0.15) is 13.2 Å². The summed E-state index contributed by atoms with van der Waals surface area (Å²) < 4.78 is 40.1. The number of rotatable bonds is 4. The third-order valence-electron chi connectivity index (χ3n) is 4.24. The lowest BCUT2D eigenvalue weighted by Gasteiger charge is -2.11. The van der Waals surface area contributed by atoms with Gasteiger partial charge in [-0.1, -0.05) is 24.3 Å². The molecule has 0 aliphatic carbocycles. The highest BCUT2D eigenvalue weighted by molar-refractivity contribution is 6.02. The van der Waals surface area contributed by atoms with Crippen molar-refractivity contribution < 1.29 is 13.2 Å². The lowest BCUT2D eigenvalue weighted by atomic mass is 10.2. The average molecular weight is 356 g/mol. The Morgan fingerprint density at radius 1 is 0.923 bits per heavy atom. The lowest BCUT2D eigenvalue weighted by molar-refractivity contribution is -0.134. The molecule has 0 N–H and O–H groups in total. The average Bonchev–Trinajstić information content (AvgIpc) is 2.98. The van der Waals surface area contributed by atoms with E-state index in [1.54, 1.807) is 18.5 Å². The molecule has 0 saturated heterocycles. The highest BCUT2D eigenvalue weighted by Crippen LogP contribution is 2.28. The molecule has 0 unspecified atom stereocenters. The predicted molar refractivity (Wildman–Crippen MR) is 92.7 cm³/mol. The van der Waals surface area contributed by atoms with Gasteiger partial charge in [0.15, 0.2) is 0 Å². The zero-order valence-corrected chi connectivity index (χ0v) is 13.7. The molecule has 1 aromatic carbocycles. The number of aryl methyl sites for hydroxylation is 1. The molecular weight excluding hydrogens is 341 g/mol. The van der Waals surface area contributed by atoms with Crippen LogP contribution in [0.5, 0.6) is 0 Å². The SMILES string of the molecule is FC(F)(F)CCc1nc2cnc3ccccc3c2n1Cc1ccccn1. The maximum atomic E-state index is 12.7. The maximum absolute atomic E-state index is 12.7.